The van der Waals surface area contributed by atoms with Gasteiger partial charge in [-0.3, -0.25) is 4.79 Å². The number of ketones is 1. The van der Waals surface area contributed by atoms with Crippen LogP contribution in [0.3, 0.4) is 0 Å². The van der Waals surface area contributed by atoms with Gasteiger partial charge in [-0.1, -0.05) is 0 Å². The smallest absolute Gasteiger partial charge is 0.205 e. The number of fused-ring (bicyclic) bond motifs is 2. The number of Topliss-reactive ketones (excluding diaryl/α,β-unsaturated/α-hetero) is 1. The van der Waals surface area contributed by atoms with E-state index in [1.807, 2.05) is 18.2 Å². The fraction of sp³-hybridized carbons (Fsp3) is 0.333. The number of carbonyl (C=O) groups is 1. The van der Waals surface area contributed by atoms with Crippen LogP contribution in [0.2, 0.25) is 0 Å². The van der Waals surface area contributed by atoms with Crippen LogP contribution in [0.5, 0.6) is 34.5 Å². The van der Waals surface area contributed by atoms with Gasteiger partial charge in [-0.15, -0.1) is 0 Å². The minimum absolute atomic E-state index is 0.0342. The highest BCUT2D eigenvalue weighted by Crippen LogP contribution is 2.49. The van der Waals surface area contributed by atoms with Crippen LogP contribution in [0.15, 0.2) is 18.2 Å². The lowest BCUT2D eigenvalue weighted by Crippen LogP contribution is -2.04. The van der Waals surface area contributed by atoms with E-state index in [4.69, 9.17) is 33.4 Å². The summed E-state index contributed by atoms with van der Waals surface area (Å²) in [7, 11) is 9.30. The third-order valence-corrected chi connectivity index (χ3v) is 5.68. The highest BCUT2D eigenvalue weighted by Gasteiger charge is 2.31. The fourth-order valence-corrected chi connectivity index (χ4v) is 4.28. The molecule has 0 bridgehead atoms. The Morgan fingerprint density at radius 1 is 0.656 bits per heavy atom. The maximum absolute atomic E-state index is 13.0. The average Bonchev–Trinajstić information content (AvgIpc) is 3.20. The fourth-order valence-electron chi connectivity index (χ4n) is 4.28. The molecule has 0 fully saturated rings. The van der Waals surface area contributed by atoms with Gasteiger partial charge in [-0.2, -0.15) is 0 Å². The second kappa shape index (κ2) is 8.45. The topological polar surface area (TPSA) is 85.3 Å². The molecule has 1 aliphatic rings. The van der Waals surface area contributed by atoms with Crippen molar-refractivity contribution in [1.29, 1.82) is 0 Å². The molecule has 8 nitrogen and oxygen atoms in total. The standard InChI is InChI=1S/C24H25NO7/c1-27-16-9-12(10-17(28-2)22(16)30-4)19-13-11-18(29-3)23(31-5)24(32-6)21(13)25-14-7-8-15(26)20(14)19/h9-11H,7-8H2,1-6H3. The summed E-state index contributed by atoms with van der Waals surface area (Å²) in [5.41, 5.74) is 3.33. The van der Waals surface area contributed by atoms with Gasteiger partial charge in [-0.05, 0) is 30.2 Å². The number of pyridine rings is 1. The van der Waals surface area contributed by atoms with Gasteiger partial charge in [0, 0.05) is 22.9 Å². The molecule has 168 valence electrons. The van der Waals surface area contributed by atoms with Crippen molar-refractivity contribution in [3.8, 4) is 45.6 Å². The third-order valence-electron chi connectivity index (χ3n) is 5.68. The number of ether oxygens (including phenoxy) is 6. The zero-order valence-corrected chi connectivity index (χ0v) is 19.0. The van der Waals surface area contributed by atoms with E-state index in [1.54, 1.807) is 42.7 Å². The first-order valence-corrected chi connectivity index (χ1v) is 10.0. The van der Waals surface area contributed by atoms with Gasteiger partial charge in [0.15, 0.2) is 28.8 Å². The summed E-state index contributed by atoms with van der Waals surface area (Å²) >= 11 is 0. The monoisotopic (exact) mass is 439 g/mol. The number of hydrogen-bond acceptors (Lipinski definition) is 8. The van der Waals surface area contributed by atoms with Crippen LogP contribution in [0.25, 0.3) is 22.0 Å². The lowest BCUT2D eigenvalue weighted by atomic mass is 9.93. The van der Waals surface area contributed by atoms with Gasteiger partial charge in [0.05, 0.1) is 48.4 Å². The van der Waals surface area contributed by atoms with E-state index in [-0.39, 0.29) is 5.78 Å². The number of benzene rings is 2. The van der Waals surface area contributed by atoms with E-state index < -0.39 is 0 Å². The number of nitrogens with zero attached hydrogens (tertiary/aromatic N) is 1. The summed E-state index contributed by atoms with van der Waals surface area (Å²) < 4.78 is 33.3. The summed E-state index contributed by atoms with van der Waals surface area (Å²) in [6, 6.07) is 5.46. The number of methoxy groups -OCH3 is 6. The molecule has 3 aromatic rings. The SMILES string of the molecule is COc1cc(-c2c3c(nc4c(OC)c(OC)c(OC)cc24)CCC3=O)cc(OC)c1OC. The summed E-state index contributed by atoms with van der Waals surface area (Å²) in [5.74, 6) is 2.83. The molecule has 0 saturated heterocycles. The van der Waals surface area contributed by atoms with E-state index in [1.165, 1.54) is 0 Å². The van der Waals surface area contributed by atoms with Gasteiger partial charge >= 0.3 is 0 Å². The first-order valence-electron chi connectivity index (χ1n) is 10.0. The molecule has 0 aliphatic heterocycles. The molecule has 1 aromatic heterocycles. The lowest BCUT2D eigenvalue weighted by Gasteiger charge is -2.19. The van der Waals surface area contributed by atoms with Crippen molar-refractivity contribution >= 4 is 16.7 Å². The molecule has 0 unspecified atom stereocenters. The quantitative estimate of drug-likeness (QED) is 0.544. The summed E-state index contributed by atoms with van der Waals surface area (Å²) in [6.07, 6.45) is 0.950. The maximum Gasteiger partial charge on any atom is 0.205 e. The van der Waals surface area contributed by atoms with Gasteiger partial charge in [0.1, 0.15) is 5.52 Å². The highest BCUT2D eigenvalue weighted by atomic mass is 16.5. The van der Waals surface area contributed by atoms with Crippen molar-refractivity contribution in [2.24, 2.45) is 0 Å². The van der Waals surface area contributed by atoms with Gasteiger partial charge < -0.3 is 28.4 Å². The lowest BCUT2D eigenvalue weighted by molar-refractivity contribution is 0.0995. The Kier molecular flexibility index (Phi) is 5.69. The Balaban J connectivity index is 2.18. The maximum atomic E-state index is 13.0. The Labute approximate surface area is 186 Å². The molecule has 1 heterocycles. The number of aryl methyl sites for hydroxylation is 1. The van der Waals surface area contributed by atoms with Gasteiger partial charge in [0.2, 0.25) is 11.5 Å². The normalized spacial score (nSPS) is 12.5. The van der Waals surface area contributed by atoms with Crippen molar-refractivity contribution < 1.29 is 33.2 Å². The number of aromatic nitrogens is 1. The molecule has 8 heteroatoms. The second-order valence-corrected chi connectivity index (χ2v) is 7.19. The number of rotatable bonds is 7. The molecule has 4 rings (SSSR count). The Morgan fingerprint density at radius 3 is 1.75 bits per heavy atom. The summed E-state index contributed by atoms with van der Waals surface area (Å²) in [4.78, 5) is 17.8. The molecule has 0 saturated carbocycles. The molecule has 1 aliphatic carbocycles. The third kappa shape index (κ3) is 3.14. The molecule has 0 spiro atoms. The Bertz CT molecular complexity index is 1190. The zero-order chi connectivity index (χ0) is 23.0. The van der Waals surface area contributed by atoms with Crippen molar-refractivity contribution in [2.75, 3.05) is 42.7 Å². The first-order chi connectivity index (χ1) is 15.5. The van der Waals surface area contributed by atoms with E-state index in [2.05, 4.69) is 0 Å². The van der Waals surface area contributed by atoms with Crippen LogP contribution in [-0.2, 0) is 6.42 Å². The van der Waals surface area contributed by atoms with Crippen LogP contribution in [0, 0.1) is 0 Å². The number of carbonyl (C=O) groups excluding carboxylic acids is 1. The predicted octanol–water partition coefficient (Wildman–Crippen LogP) is 4.08. The van der Waals surface area contributed by atoms with Crippen LogP contribution in [0.4, 0.5) is 0 Å². The molecular formula is C24H25NO7. The molecule has 0 radical (unpaired) electrons. The first kappa shape index (κ1) is 21.5. The van der Waals surface area contributed by atoms with Crippen LogP contribution >= 0.6 is 0 Å². The highest BCUT2D eigenvalue weighted by molar-refractivity contribution is 6.14. The van der Waals surface area contributed by atoms with Crippen LogP contribution < -0.4 is 28.4 Å². The largest absolute Gasteiger partial charge is 0.493 e. The van der Waals surface area contributed by atoms with Crippen molar-refractivity contribution in [2.45, 2.75) is 12.8 Å². The van der Waals surface area contributed by atoms with Gasteiger partial charge in [-0.25, -0.2) is 4.98 Å². The minimum atomic E-state index is 0.0342. The molecule has 32 heavy (non-hydrogen) atoms. The van der Waals surface area contributed by atoms with Crippen LogP contribution in [0.1, 0.15) is 22.5 Å². The number of hydrogen-bond donors (Lipinski definition) is 0. The zero-order valence-electron chi connectivity index (χ0n) is 19.0. The van der Waals surface area contributed by atoms with Crippen molar-refractivity contribution in [3.63, 3.8) is 0 Å². The van der Waals surface area contributed by atoms with Crippen LogP contribution in [-0.4, -0.2) is 53.4 Å². The molecular weight excluding hydrogens is 414 g/mol. The summed E-state index contributed by atoms with van der Waals surface area (Å²) in [6.45, 7) is 0. The average molecular weight is 439 g/mol. The second-order valence-electron chi connectivity index (χ2n) is 7.19. The predicted molar refractivity (Wildman–Crippen MR) is 119 cm³/mol. The molecule has 0 N–H and O–H groups in total. The minimum Gasteiger partial charge on any atom is -0.493 e. The Morgan fingerprint density at radius 2 is 1.22 bits per heavy atom. The van der Waals surface area contributed by atoms with E-state index in [0.717, 1.165) is 11.3 Å². The summed E-state index contributed by atoms with van der Waals surface area (Å²) in [5, 5.41) is 0.697. The molecule has 0 amide bonds. The molecule has 0 atom stereocenters. The van der Waals surface area contributed by atoms with Crippen molar-refractivity contribution in [3.05, 3.63) is 29.5 Å². The van der Waals surface area contributed by atoms with E-state index >= 15 is 0 Å². The molecule has 2 aromatic carbocycles. The van der Waals surface area contributed by atoms with E-state index in [9.17, 15) is 4.79 Å². The van der Waals surface area contributed by atoms with Crippen molar-refractivity contribution in [1.82, 2.24) is 4.98 Å². The Hall–Kier alpha value is -3.68. The van der Waals surface area contributed by atoms with E-state index in [0.29, 0.717) is 69.4 Å². The van der Waals surface area contributed by atoms with Gasteiger partial charge in [0.25, 0.3) is 0 Å².